The Bertz CT molecular complexity index is 833. The van der Waals surface area contributed by atoms with Gasteiger partial charge in [-0.1, -0.05) is 23.2 Å². The van der Waals surface area contributed by atoms with E-state index in [1.807, 2.05) is 6.07 Å². The van der Waals surface area contributed by atoms with Crippen molar-refractivity contribution >= 4 is 41.5 Å². The van der Waals surface area contributed by atoms with E-state index in [0.29, 0.717) is 35.1 Å². The van der Waals surface area contributed by atoms with Gasteiger partial charge in [0.2, 0.25) is 0 Å². The molecule has 1 N–H and O–H groups in total. The van der Waals surface area contributed by atoms with Gasteiger partial charge < -0.3 is 19.7 Å². The van der Waals surface area contributed by atoms with Gasteiger partial charge in [0.25, 0.3) is 0 Å². The number of morpholine rings is 2. The molecule has 2 fully saturated rings. The lowest BCUT2D eigenvalue weighted by Crippen LogP contribution is -2.36. The average molecular weight is 471 g/mol. The van der Waals surface area contributed by atoms with Crippen molar-refractivity contribution in [3.63, 3.8) is 0 Å². The number of nitrogens with zero attached hydrogens (tertiary/aromatic N) is 1. The molecule has 2 aliphatic rings. The van der Waals surface area contributed by atoms with Gasteiger partial charge in [0, 0.05) is 47.5 Å². The Morgan fingerprint density at radius 3 is 1.87 bits per heavy atom. The topological polar surface area (TPSA) is 67.9 Å². The van der Waals surface area contributed by atoms with Crippen LogP contribution in [0.5, 0.6) is 0 Å². The van der Waals surface area contributed by atoms with Gasteiger partial charge in [-0.05, 0) is 36.4 Å². The smallest absolute Gasteiger partial charge is 0.152 e. The lowest BCUT2D eigenvalue weighted by molar-refractivity contribution is 0.109. The third kappa shape index (κ3) is 8.93. The Kier molecular flexibility index (Phi) is 11.5. The van der Waals surface area contributed by atoms with Gasteiger partial charge in [-0.3, -0.25) is 9.59 Å². The fraction of sp³-hybridized carbons (Fsp3) is 0.364. The highest BCUT2D eigenvalue weighted by atomic mass is 35.5. The van der Waals surface area contributed by atoms with Crippen molar-refractivity contribution in [3.05, 3.63) is 63.4 Å². The van der Waals surface area contributed by atoms with E-state index < -0.39 is 5.82 Å². The summed E-state index contributed by atoms with van der Waals surface area (Å²) in [4.78, 5) is 23.1. The first kappa shape index (κ1) is 25.2. The van der Waals surface area contributed by atoms with Crippen LogP contribution in [0.4, 0.5) is 10.1 Å². The summed E-state index contributed by atoms with van der Waals surface area (Å²) >= 11 is 11.3. The normalized spacial score (nSPS) is 15.6. The van der Waals surface area contributed by atoms with Crippen LogP contribution in [-0.4, -0.2) is 65.2 Å². The predicted molar refractivity (Wildman–Crippen MR) is 120 cm³/mol. The second-order valence-corrected chi connectivity index (χ2v) is 7.44. The number of rotatable bonds is 3. The average Bonchev–Trinajstić information content (AvgIpc) is 2.82. The number of carbonyl (C=O) groups is 2. The fourth-order valence-corrected chi connectivity index (χ4v) is 3.13. The molecular weight excluding hydrogens is 446 g/mol. The number of ether oxygens (including phenoxy) is 2. The quantitative estimate of drug-likeness (QED) is 0.686. The van der Waals surface area contributed by atoms with E-state index in [2.05, 4.69) is 10.2 Å². The van der Waals surface area contributed by atoms with Gasteiger partial charge in [-0.15, -0.1) is 0 Å². The maximum atomic E-state index is 12.5. The second-order valence-electron chi connectivity index (χ2n) is 6.57. The van der Waals surface area contributed by atoms with Crippen molar-refractivity contribution < 1.29 is 23.5 Å². The number of nitrogens with one attached hydrogen (secondary N) is 1. The SMILES string of the molecule is C1COCCN1.O=Cc1ccc(Cl)cc1F.O=Cc1ccc(Cl)cc1N1CCOCC1. The van der Waals surface area contributed by atoms with Crippen LogP contribution in [0.15, 0.2) is 36.4 Å². The minimum atomic E-state index is -0.581. The zero-order valence-electron chi connectivity index (χ0n) is 17.0. The number of carbonyl (C=O) groups excluding carboxylic acids is 2. The first-order valence-electron chi connectivity index (χ1n) is 9.81. The van der Waals surface area contributed by atoms with E-state index in [1.54, 1.807) is 12.1 Å². The van der Waals surface area contributed by atoms with Crippen molar-refractivity contribution in [2.24, 2.45) is 0 Å². The number of hydrogen-bond donors (Lipinski definition) is 1. The molecule has 0 aromatic heterocycles. The number of anilines is 1. The second kappa shape index (κ2) is 14.1. The molecule has 2 aromatic rings. The zero-order chi connectivity index (χ0) is 22.5. The molecule has 0 saturated carbocycles. The molecule has 2 heterocycles. The van der Waals surface area contributed by atoms with E-state index in [1.165, 1.54) is 12.1 Å². The molecule has 31 heavy (non-hydrogen) atoms. The number of benzene rings is 2. The first-order chi connectivity index (χ1) is 15.0. The van der Waals surface area contributed by atoms with Crippen molar-refractivity contribution in [1.29, 1.82) is 0 Å². The molecule has 2 saturated heterocycles. The Labute approximate surface area is 191 Å². The Balaban J connectivity index is 0.000000183. The predicted octanol–water partition coefficient (Wildman–Crippen LogP) is 3.89. The summed E-state index contributed by atoms with van der Waals surface area (Å²) in [6, 6.07) is 9.22. The molecule has 0 radical (unpaired) electrons. The van der Waals surface area contributed by atoms with E-state index in [0.717, 1.165) is 57.4 Å². The maximum absolute atomic E-state index is 12.5. The molecule has 0 unspecified atom stereocenters. The van der Waals surface area contributed by atoms with E-state index in [9.17, 15) is 14.0 Å². The summed E-state index contributed by atoms with van der Waals surface area (Å²) in [5.41, 5.74) is 1.62. The Morgan fingerprint density at radius 2 is 1.39 bits per heavy atom. The van der Waals surface area contributed by atoms with Crippen molar-refractivity contribution in [2.45, 2.75) is 0 Å². The van der Waals surface area contributed by atoms with E-state index in [4.69, 9.17) is 32.7 Å². The highest BCUT2D eigenvalue weighted by Gasteiger charge is 2.14. The molecule has 0 atom stereocenters. The fourth-order valence-electron chi connectivity index (χ4n) is 2.81. The standard InChI is InChI=1S/C11H12ClNO2.C7H4ClFO.C4H9NO/c12-10-2-1-9(8-14)11(7-10)13-3-5-15-6-4-13;8-6-2-1-5(4-10)7(9)3-6;1-3-6-4-2-5-1/h1-2,7-8H,3-6H2;1-4H;5H,1-4H2. The summed E-state index contributed by atoms with van der Waals surface area (Å²) in [7, 11) is 0. The molecule has 2 aliphatic heterocycles. The van der Waals surface area contributed by atoms with Crippen molar-refractivity contribution in [1.82, 2.24) is 5.32 Å². The molecule has 9 heteroatoms. The van der Waals surface area contributed by atoms with Crippen LogP contribution in [0.1, 0.15) is 20.7 Å². The molecule has 0 bridgehead atoms. The van der Waals surface area contributed by atoms with Crippen LogP contribution in [0.3, 0.4) is 0 Å². The van der Waals surface area contributed by atoms with Crippen molar-refractivity contribution in [2.75, 3.05) is 57.5 Å². The van der Waals surface area contributed by atoms with Crippen LogP contribution in [0.25, 0.3) is 0 Å². The van der Waals surface area contributed by atoms with Gasteiger partial charge in [0.05, 0.1) is 32.0 Å². The highest BCUT2D eigenvalue weighted by molar-refractivity contribution is 6.31. The van der Waals surface area contributed by atoms with E-state index in [-0.39, 0.29) is 5.56 Å². The monoisotopic (exact) mass is 470 g/mol. The molecule has 4 rings (SSSR count). The third-order valence-corrected chi connectivity index (χ3v) is 4.88. The first-order valence-corrected chi connectivity index (χ1v) is 10.6. The molecule has 6 nitrogen and oxygen atoms in total. The van der Waals surface area contributed by atoms with Crippen LogP contribution in [-0.2, 0) is 9.47 Å². The Morgan fingerprint density at radius 1 is 0.839 bits per heavy atom. The summed E-state index contributed by atoms with van der Waals surface area (Å²) in [6.45, 7) is 6.85. The van der Waals surface area contributed by atoms with Crippen LogP contribution >= 0.6 is 23.2 Å². The summed E-state index contributed by atoms with van der Waals surface area (Å²) in [5.74, 6) is -0.581. The molecule has 0 amide bonds. The molecule has 168 valence electrons. The largest absolute Gasteiger partial charge is 0.379 e. The van der Waals surface area contributed by atoms with Crippen LogP contribution < -0.4 is 10.2 Å². The van der Waals surface area contributed by atoms with Gasteiger partial charge in [-0.2, -0.15) is 0 Å². The van der Waals surface area contributed by atoms with Crippen LogP contribution in [0, 0.1) is 5.82 Å². The highest BCUT2D eigenvalue weighted by Crippen LogP contribution is 2.24. The van der Waals surface area contributed by atoms with Gasteiger partial charge in [-0.25, -0.2) is 4.39 Å². The van der Waals surface area contributed by atoms with Gasteiger partial charge in [0.1, 0.15) is 5.82 Å². The third-order valence-electron chi connectivity index (χ3n) is 4.41. The summed E-state index contributed by atoms with van der Waals surface area (Å²) in [6.07, 6.45) is 1.31. The minimum absolute atomic E-state index is 0.0319. The van der Waals surface area contributed by atoms with Crippen LogP contribution in [0.2, 0.25) is 10.0 Å². The zero-order valence-corrected chi connectivity index (χ0v) is 18.5. The van der Waals surface area contributed by atoms with E-state index >= 15 is 0 Å². The maximum Gasteiger partial charge on any atom is 0.152 e. The van der Waals surface area contributed by atoms with Crippen molar-refractivity contribution in [3.8, 4) is 0 Å². The number of aldehydes is 2. The lowest BCUT2D eigenvalue weighted by atomic mass is 10.1. The molecular formula is C22H25Cl2FN2O4. The Hall–Kier alpha value is -2.03. The summed E-state index contributed by atoms with van der Waals surface area (Å²) < 4.78 is 22.8. The lowest BCUT2D eigenvalue weighted by Gasteiger charge is -2.29. The molecule has 0 spiro atoms. The number of hydrogen-bond acceptors (Lipinski definition) is 6. The summed E-state index contributed by atoms with van der Waals surface area (Å²) in [5, 5.41) is 4.11. The minimum Gasteiger partial charge on any atom is -0.379 e. The van der Waals surface area contributed by atoms with Gasteiger partial charge >= 0.3 is 0 Å². The van der Waals surface area contributed by atoms with Gasteiger partial charge in [0.15, 0.2) is 12.6 Å². The molecule has 2 aromatic carbocycles. The number of halogens is 3. The molecule has 0 aliphatic carbocycles.